The summed E-state index contributed by atoms with van der Waals surface area (Å²) in [6, 6.07) is 6.84. The maximum Gasteiger partial charge on any atom is 0.269 e. The van der Waals surface area contributed by atoms with Crippen LogP contribution in [0.1, 0.15) is 37.3 Å². The van der Waals surface area contributed by atoms with E-state index in [-0.39, 0.29) is 16.7 Å². The topological polar surface area (TPSA) is 94.1 Å². The summed E-state index contributed by atoms with van der Waals surface area (Å²) < 4.78 is 4.94. The molecule has 0 aliphatic heterocycles. The highest BCUT2D eigenvalue weighted by Crippen LogP contribution is 2.22. The molecule has 0 amide bonds. The minimum Gasteiger partial charge on any atom is -0.340 e. The van der Waals surface area contributed by atoms with Crippen molar-refractivity contribution < 1.29 is 9.45 Å². The van der Waals surface area contributed by atoms with E-state index in [4.69, 9.17) is 4.52 Å². The van der Waals surface area contributed by atoms with Crippen molar-refractivity contribution in [3.63, 3.8) is 0 Å². The molecular formula is C14H18N4O3. The van der Waals surface area contributed by atoms with Gasteiger partial charge in [-0.15, -0.1) is 0 Å². The molecule has 0 aliphatic carbocycles. The number of benzene rings is 1. The van der Waals surface area contributed by atoms with Gasteiger partial charge in [-0.25, -0.2) is 0 Å². The smallest absolute Gasteiger partial charge is 0.269 e. The summed E-state index contributed by atoms with van der Waals surface area (Å²) in [5.74, 6) is 0.580. The number of nitrogens with zero attached hydrogens (tertiary/aromatic N) is 3. The van der Waals surface area contributed by atoms with Gasteiger partial charge >= 0.3 is 0 Å². The van der Waals surface area contributed by atoms with Crippen molar-refractivity contribution >= 4 is 5.69 Å². The minimum absolute atomic E-state index is 0.0813. The van der Waals surface area contributed by atoms with Crippen LogP contribution in [0.15, 0.2) is 35.1 Å². The van der Waals surface area contributed by atoms with Crippen molar-refractivity contribution in [3.05, 3.63) is 52.2 Å². The number of nitrogens with one attached hydrogen (secondary N) is 1. The second kappa shape index (κ2) is 7.49. The zero-order valence-corrected chi connectivity index (χ0v) is 11.9. The molecule has 7 heteroatoms. The lowest BCUT2D eigenvalue weighted by atomic mass is 10.0. The highest BCUT2D eigenvalue weighted by molar-refractivity contribution is 5.35. The molecule has 1 heterocycles. The fraction of sp³-hybridized carbons (Fsp3) is 0.429. The number of nitro benzene ring substituents is 1. The molecule has 0 fully saturated rings. The third kappa shape index (κ3) is 4.35. The van der Waals surface area contributed by atoms with Crippen molar-refractivity contribution in [1.82, 2.24) is 15.5 Å². The van der Waals surface area contributed by atoms with E-state index in [0.717, 1.165) is 18.4 Å². The predicted molar refractivity (Wildman–Crippen MR) is 76.8 cm³/mol. The molecule has 1 N–H and O–H groups in total. The van der Waals surface area contributed by atoms with Crippen LogP contribution in [0.25, 0.3) is 0 Å². The zero-order valence-electron chi connectivity index (χ0n) is 11.9. The van der Waals surface area contributed by atoms with Gasteiger partial charge in [-0.2, -0.15) is 4.98 Å². The van der Waals surface area contributed by atoms with E-state index >= 15 is 0 Å². The number of aromatic nitrogens is 2. The first kappa shape index (κ1) is 15.1. The maximum absolute atomic E-state index is 10.9. The van der Waals surface area contributed by atoms with Gasteiger partial charge in [0.15, 0.2) is 6.33 Å². The lowest BCUT2D eigenvalue weighted by molar-refractivity contribution is -0.384. The van der Waals surface area contributed by atoms with Gasteiger partial charge in [0, 0.05) is 31.1 Å². The fourth-order valence-corrected chi connectivity index (χ4v) is 2.19. The molecule has 1 aromatic heterocycles. The van der Waals surface area contributed by atoms with E-state index < -0.39 is 0 Å². The molecule has 1 atom stereocenters. The number of nitro groups is 1. The molecule has 21 heavy (non-hydrogen) atoms. The average molecular weight is 290 g/mol. The SMILES string of the molecule is CCCC(NCCc1ncno1)c1cccc([N+](=O)[O-])c1. The Labute approximate surface area is 122 Å². The Morgan fingerprint density at radius 1 is 1.48 bits per heavy atom. The first-order valence-electron chi connectivity index (χ1n) is 6.94. The van der Waals surface area contributed by atoms with Gasteiger partial charge in [0.1, 0.15) is 0 Å². The second-order valence-corrected chi connectivity index (χ2v) is 4.73. The second-order valence-electron chi connectivity index (χ2n) is 4.73. The van der Waals surface area contributed by atoms with Gasteiger partial charge in [-0.3, -0.25) is 10.1 Å². The summed E-state index contributed by atoms with van der Waals surface area (Å²) in [6.45, 7) is 2.76. The molecule has 7 nitrogen and oxygen atoms in total. The summed E-state index contributed by atoms with van der Waals surface area (Å²) in [5, 5.41) is 17.8. The quantitative estimate of drug-likeness (QED) is 0.593. The van der Waals surface area contributed by atoms with Crippen LogP contribution in [0.3, 0.4) is 0 Å². The monoisotopic (exact) mass is 290 g/mol. The molecule has 0 bridgehead atoms. The van der Waals surface area contributed by atoms with Crippen LogP contribution in [0, 0.1) is 10.1 Å². The van der Waals surface area contributed by atoms with E-state index in [1.807, 2.05) is 6.07 Å². The van der Waals surface area contributed by atoms with Crippen LogP contribution in [0.2, 0.25) is 0 Å². The van der Waals surface area contributed by atoms with Crippen LogP contribution in [-0.2, 0) is 6.42 Å². The van der Waals surface area contributed by atoms with E-state index in [9.17, 15) is 10.1 Å². The Kier molecular flexibility index (Phi) is 5.39. The largest absolute Gasteiger partial charge is 0.340 e. The van der Waals surface area contributed by atoms with Crippen LogP contribution in [-0.4, -0.2) is 21.6 Å². The molecule has 1 aromatic carbocycles. The number of hydrogen-bond donors (Lipinski definition) is 1. The van der Waals surface area contributed by atoms with Gasteiger partial charge < -0.3 is 9.84 Å². The Morgan fingerprint density at radius 3 is 3.00 bits per heavy atom. The summed E-state index contributed by atoms with van der Waals surface area (Å²) in [4.78, 5) is 14.5. The highest BCUT2D eigenvalue weighted by Gasteiger charge is 2.14. The molecular weight excluding hydrogens is 272 g/mol. The Morgan fingerprint density at radius 2 is 2.33 bits per heavy atom. The van der Waals surface area contributed by atoms with E-state index in [0.29, 0.717) is 18.9 Å². The molecule has 112 valence electrons. The van der Waals surface area contributed by atoms with Crippen molar-refractivity contribution in [3.8, 4) is 0 Å². The lowest BCUT2D eigenvalue weighted by Crippen LogP contribution is -2.23. The summed E-state index contributed by atoms with van der Waals surface area (Å²) in [5.41, 5.74) is 1.05. The van der Waals surface area contributed by atoms with Crippen molar-refractivity contribution in [2.75, 3.05) is 6.54 Å². The van der Waals surface area contributed by atoms with Crippen molar-refractivity contribution in [2.24, 2.45) is 0 Å². The van der Waals surface area contributed by atoms with Gasteiger partial charge in [0.2, 0.25) is 5.89 Å². The van der Waals surface area contributed by atoms with Gasteiger partial charge in [-0.1, -0.05) is 30.6 Å². The minimum atomic E-state index is -0.370. The molecule has 0 spiro atoms. The number of rotatable bonds is 8. The molecule has 0 aliphatic rings. The maximum atomic E-state index is 10.9. The Hall–Kier alpha value is -2.28. The van der Waals surface area contributed by atoms with E-state index in [2.05, 4.69) is 22.4 Å². The summed E-state index contributed by atoms with van der Waals surface area (Å²) in [7, 11) is 0. The number of hydrogen-bond acceptors (Lipinski definition) is 6. The predicted octanol–water partition coefficient (Wildman–Crippen LogP) is 2.65. The summed E-state index contributed by atoms with van der Waals surface area (Å²) in [6.07, 6.45) is 3.90. The van der Waals surface area contributed by atoms with Crippen LogP contribution in [0.5, 0.6) is 0 Å². The first-order valence-corrected chi connectivity index (χ1v) is 6.94. The molecule has 2 aromatic rings. The van der Waals surface area contributed by atoms with E-state index in [1.165, 1.54) is 12.4 Å². The van der Waals surface area contributed by atoms with Crippen LogP contribution < -0.4 is 5.32 Å². The molecule has 2 rings (SSSR count). The molecule has 0 saturated heterocycles. The van der Waals surface area contributed by atoms with Gasteiger partial charge in [0.25, 0.3) is 5.69 Å². The first-order chi connectivity index (χ1) is 10.2. The average Bonchev–Trinajstić information content (AvgIpc) is 3.00. The highest BCUT2D eigenvalue weighted by atomic mass is 16.6. The Balaban J connectivity index is 2.00. The Bertz CT molecular complexity index is 571. The van der Waals surface area contributed by atoms with E-state index in [1.54, 1.807) is 12.1 Å². The van der Waals surface area contributed by atoms with Gasteiger partial charge in [-0.05, 0) is 12.0 Å². The molecule has 0 saturated carbocycles. The zero-order chi connectivity index (χ0) is 15.1. The normalized spacial score (nSPS) is 12.2. The third-order valence-corrected chi connectivity index (χ3v) is 3.20. The van der Waals surface area contributed by atoms with Crippen molar-refractivity contribution in [1.29, 1.82) is 0 Å². The lowest BCUT2D eigenvalue weighted by Gasteiger charge is -2.18. The van der Waals surface area contributed by atoms with Crippen LogP contribution >= 0.6 is 0 Å². The molecule has 0 radical (unpaired) electrons. The standard InChI is InChI=1S/C14H18N4O3/c1-2-4-13(15-8-7-14-16-10-17-21-14)11-5-3-6-12(9-11)18(19)20/h3,5-6,9-10,13,15H,2,4,7-8H2,1H3. The van der Waals surface area contributed by atoms with Gasteiger partial charge in [0.05, 0.1) is 4.92 Å². The number of non-ortho nitro benzene ring substituents is 1. The summed E-state index contributed by atoms with van der Waals surface area (Å²) >= 11 is 0. The molecule has 1 unspecified atom stereocenters. The van der Waals surface area contributed by atoms with Crippen molar-refractivity contribution in [2.45, 2.75) is 32.2 Å². The fourth-order valence-electron chi connectivity index (χ4n) is 2.19. The third-order valence-electron chi connectivity index (χ3n) is 3.20. The van der Waals surface area contributed by atoms with Crippen LogP contribution in [0.4, 0.5) is 5.69 Å².